The fraction of sp³-hybridized carbons (Fsp3) is 0. The Labute approximate surface area is 380 Å². The Bertz CT molecular complexity index is 3020. The van der Waals surface area contributed by atoms with Crippen LogP contribution in [0.4, 0.5) is 51.2 Å². The van der Waals surface area contributed by atoms with Gasteiger partial charge in [0.15, 0.2) is 52.0 Å². The van der Waals surface area contributed by atoms with Crippen LogP contribution in [-0.2, 0) is 0 Å². The third-order valence-electron chi connectivity index (χ3n) is 12.0. The number of benzene rings is 9. The highest BCUT2D eigenvalue weighted by atomic mass is 16.5. The van der Waals surface area contributed by atoms with Gasteiger partial charge in [0.1, 0.15) is 0 Å². The summed E-state index contributed by atoms with van der Waals surface area (Å²) in [5.74, 6) is 6.28. The lowest BCUT2D eigenvalue weighted by molar-refractivity contribution is 0.477. The Morgan fingerprint density at radius 2 is 0.470 bits per heavy atom. The standard InChI is InChI=1S/C57H36N6O3/c1-7-28-49-43(22-1)61(44-23-2-8-29-50(44)64-49)40-19-13-16-37(34-40)55-58-56(38-17-14-20-41(35-38)62-45-24-3-9-30-51(45)65-52-31-10-4-25-46(52)62)60-57(59-55)39-18-15-21-42(36-39)63-47-26-5-11-32-53(47)66-54-33-12-6-27-48(54)63/h1-36H. The zero-order chi connectivity index (χ0) is 43.6. The van der Waals surface area contributed by atoms with E-state index in [2.05, 4.69) is 124 Å². The quantitative estimate of drug-likeness (QED) is 0.162. The zero-order valence-electron chi connectivity index (χ0n) is 35.2. The van der Waals surface area contributed by atoms with Gasteiger partial charge in [-0.1, -0.05) is 109 Å². The molecule has 9 nitrogen and oxygen atoms in total. The van der Waals surface area contributed by atoms with Gasteiger partial charge in [0.25, 0.3) is 0 Å². The van der Waals surface area contributed by atoms with E-state index >= 15 is 0 Å². The summed E-state index contributed by atoms with van der Waals surface area (Å²) in [6.07, 6.45) is 0. The highest BCUT2D eigenvalue weighted by Gasteiger charge is 2.29. The molecule has 0 saturated carbocycles. The second-order valence-corrected chi connectivity index (χ2v) is 16.1. The van der Waals surface area contributed by atoms with E-state index in [-0.39, 0.29) is 0 Å². The van der Waals surface area contributed by atoms with Crippen LogP contribution in [0.15, 0.2) is 218 Å². The molecule has 1 aromatic heterocycles. The highest BCUT2D eigenvalue weighted by Crippen LogP contribution is 2.53. The number of aromatic nitrogens is 3. The van der Waals surface area contributed by atoms with Crippen LogP contribution in [0.3, 0.4) is 0 Å². The van der Waals surface area contributed by atoms with Gasteiger partial charge in [-0.2, -0.15) is 0 Å². The minimum atomic E-state index is 0.534. The number of hydrogen-bond donors (Lipinski definition) is 0. The smallest absolute Gasteiger partial charge is 0.164 e. The number of nitrogens with zero attached hydrogens (tertiary/aromatic N) is 6. The first kappa shape index (κ1) is 37.4. The van der Waals surface area contributed by atoms with Gasteiger partial charge in [0.05, 0.1) is 34.1 Å². The molecule has 4 heterocycles. The summed E-state index contributed by atoms with van der Waals surface area (Å²) in [5.41, 5.74) is 11.0. The van der Waals surface area contributed by atoms with Crippen LogP contribution in [-0.4, -0.2) is 15.0 Å². The topological polar surface area (TPSA) is 76.1 Å². The van der Waals surface area contributed by atoms with E-state index in [0.717, 1.165) is 102 Å². The van der Waals surface area contributed by atoms with E-state index in [1.807, 2.05) is 109 Å². The first-order valence-corrected chi connectivity index (χ1v) is 21.8. The van der Waals surface area contributed by atoms with Crippen molar-refractivity contribution >= 4 is 51.2 Å². The van der Waals surface area contributed by atoms with Gasteiger partial charge in [0, 0.05) is 33.8 Å². The van der Waals surface area contributed by atoms with E-state index in [1.165, 1.54) is 0 Å². The monoisotopic (exact) mass is 852 g/mol. The summed E-state index contributed by atoms with van der Waals surface area (Å²) in [7, 11) is 0. The largest absolute Gasteiger partial charge is 0.453 e. The summed E-state index contributed by atoms with van der Waals surface area (Å²) in [5, 5.41) is 0. The van der Waals surface area contributed by atoms with Crippen LogP contribution >= 0.6 is 0 Å². The van der Waals surface area contributed by atoms with Gasteiger partial charge in [-0.05, 0) is 109 Å². The Hall–Kier alpha value is -9.21. The molecular formula is C57H36N6O3. The molecule has 0 saturated heterocycles. The summed E-state index contributed by atoms with van der Waals surface area (Å²) < 4.78 is 19.1. The molecule has 66 heavy (non-hydrogen) atoms. The number of para-hydroxylation sites is 12. The van der Waals surface area contributed by atoms with Crippen LogP contribution in [0.2, 0.25) is 0 Å². The lowest BCUT2D eigenvalue weighted by atomic mass is 10.1. The van der Waals surface area contributed by atoms with Crippen molar-refractivity contribution in [3.05, 3.63) is 218 Å². The molecule has 0 aliphatic carbocycles. The number of anilines is 9. The van der Waals surface area contributed by atoms with Crippen molar-refractivity contribution in [3.8, 4) is 68.7 Å². The van der Waals surface area contributed by atoms with Crippen LogP contribution in [0.1, 0.15) is 0 Å². The van der Waals surface area contributed by atoms with Gasteiger partial charge in [0.2, 0.25) is 0 Å². The molecule has 0 N–H and O–H groups in total. The number of hydrogen-bond acceptors (Lipinski definition) is 9. The van der Waals surface area contributed by atoms with E-state index in [4.69, 9.17) is 29.2 Å². The van der Waals surface area contributed by atoms with Crippen molar-refractivity contribution in [2.45, 2.75) is 0 Å². The molecule has 0 unspecified atom stereocenters. The zero-order valence-corrected chi connectivity index (χ0v) is 35.2. The van der Waals surface area contributed by atoms with Gasteiger partial charge < -0.3 is 28.9 Å². The minimum absolute atomic E-state index is 0.534. The van der Waals surface area contributed by atoms with Crippen molar-refractivity contribution < 1.29 is 14.2 Å². The first-order valence-electron chi connectivity index (χ1n) is 21.8. The Kier molecular flexibility index (Phi) is 8.63. The normalized spacial score (nSPS) is 12.8. The molecule has 3 aliphatic heterocycles. The van der Waals surface area contributed by atoms with Crippen molar-refractivity contribution in [1.82, 2.24) is 15.0 Å². The molecule has 0 radical (unpaired) electrons. The summed E-state index contributed by atoms with van der Waals surface area (Å²) in [6, 6.07) is 73.6. The average molecular weight is 853 g/mol. The van der Waals surface area contributed by atoms with Crippen LogP contribution in [0, 0.1) is 0 Å². The number of fused-ring (bicyclic) bond motifs is 6. The maximum absolute atomic E-state index is 6.36. The minimum Gasteiger partial charge on any atom is -0.453 e. The average Bonchev–Trinajstić information content (AvgIpc) is 3.38. The summed E-state index contributed by atoms with van der Waals surface area (Å²) in [4.78, 5) is 22.5. The van der Waals surface area contributed by atoms with Crippen LogP contribution < -0.4 is 28.9 Å². The molecule has 0 bridgehead atoms. The molecule has 0 amide bonds. The predicted octanol–water partition coefficient (Wildman–Crippen LogP) is 15.6. The van der Waals surface area contributed by atoms with E-state index in [1.54, 1.807) is 0 Å². The molecule has 13 rings (SSSR count). The fourth-order valence-electron chi connectivity index (χ4n) is 9.06. The Morgan fingerprint density at radius 3 is 0.712 bits per heavy atom. The first-order chi connectivity index (χ1) is 32.7. The second-order valence-electron chi connectivity index (χ2n) is 16.1. The summed E-state index contributed by atoms with van der Waals surface area (Å²) in [6.45, 7) is 0. The maximum atomic E-state index is 6.36. The lowest BCUT2D eigenvalue weighted by Gasteiger charge is -2.33. The van der Waals surface area contributed by atoms with Crippen LogP contribution in [0.25, 0.3) is 34.2 Å². The van der Waals surface area contributed by atoms with E-state index in [0.29, 0.717) is 17.5 Å². The van der Waals surface area contributed by atoms with Gasteiger partial charge in [-0.15, -0.1) is 0 Å². The van der Waals surface area contributed by atoms with Crippen molar-refractivity contribution in [2.24, 2.45) is 0 Å². The van der Waals surface area contributed by atoms with E-state index in [9.17, 15) is 0 Å². The molecule has 3 aliphatic rings. The lowest BCUT2D eigenvalue weighted by Crippen LogP contribution is -2.16. The number of ether oxygens (including phenoxy) is 3. The molecule has 9 heteroatoms. The van der Waals surface area contributed by atoms with Crippen molar-refractivity contribution in [3.63, 3.8) is 0 Å². The van der Waals surface area contributed by atoms with Gasteiger partial charge >= 0.3 is 0 Å². The molecule has 0 fully saturated rings. The van der Waals surface area contributed by atoms with Crippen LogP contribution in [0.5, 0.6) is 34.5 Å². The third kappa shape index (κ3) is 6.29. The molecule has 10 aromatic rings. The molecule has 0 atom stereocenters. The van der Waals surface area contributed by atoms with Crippen molar-refractivity contribution in [1.29, 1.82) is 0 Å². The maximum Gasteiger partial charge on any atom is 0.164 e. The van der Waals surface area contributed by atoms with Gasteiger partial charge in [-0.25, -0.2) is 15.0 Å². The Morgan fingerprint density at radius 1 is 0.242 bits per heavy atom. The van der Waals surface area contributed by atoms with Gasteiger partial charge in [-0.3, -0.25) is 0 Å². The molecule has 312 valence electrons. The van der Waals surface area contributed by atoms with Crippen molar-refractivity contribution in [2.75, 3.05) is 14.7 Å². The highest BCUT2D eigenvalue weighted by molar-refractivity contribution is 5.90. The predicted molar refractivity (Wildman–Crippen MR) is 260 cm³/mol. The molecule has 9 aromatic carbocycles. The summed E-state index contributed by atoms with van der Waals surface area (Å²) >= 11 is 0. The third-order valence-corrected chi connectivity index (χ3v) is 12.0. The Balaban J connectivity index is 0.976. The fourth-order valence-corrected chi connectivity index (χ4v) is 9.06. The van der Waals surface area contributed by atoms with E-state index < -0.39 is 0 Å². The molecule has 0 spiro atoms. The molecular weight excluding hydrogens is 817 g/mol. The SMILES string of the molecule is c1cc(-c2nc(-c3cccc(N4c5ccccc5Oc5ccccc54)c3)nc(-c3cccc(N4c5ccccc5Oc5ccccc54)c3)n2)cc(N2c3ccccc3Oc3ccccc32)c1. The number of rotatable bonds is 6. The second kappa shape index (κ2) is 15.3.